The van der Waals surface area contributed by atoms with E-state index >= 15 is 0 Å². The van der Waals surface area contributed by atoms with Crippen molar-refractivity contribution >= 4 is 6.21 Å². The van der Waals surface area contributed by atoms with E-state index in [1.807, 2.05) is 54.1 Å². The first-order chi connectivity index (χ1) is 16.5. The number of ether oxygens (including phenoxy) is 4. The largest absolute Gasteiger partial charge is 0.508 e. The molecule has 34 heavy (non-hydrogen) atoms. The lowest BCUT2D eigenvalue weighted by atomic mass is 9.99. The summed E-state index contributed by atoms with van der Waals surface area (Å²) in [7, 11) is 4.80. The van der Waals surface area contributed by atoms with Crippen LogP contribution in [0.1, 0.15) is 12.5 Å². The zero-order valence-corrected chi connectivity index (χ0v) is 19.6. The topological polar surface area (TPSA) is 96.6 Å². The van der Waals surface area contributed by atoms with Crippen molar-refractivity contribution < 1.29 is 28.9 Å². The summed E-state index contributed by atoms with van der Waals surface area (Å²) in [5, 5.41) is 13.6. The number of aromatic nitrogens is 2. The van der Waals surface area contributed by atoms with Crippen LogP contribution in [0.4, 0.5) is 0 Å². The van der Waals surface area contributed by atoms with Crippen molar-refractivity contribution in [3.8, 4) is 22.7 Å². The molecule has 9 heteroatoms. The summed E-state index contributed by atoms with van der Waals surface area (Å²) in [5.41, 5.74) is 3.57. The van der Waals surface area contributed by atoms with Gasteiger partial charge in [0.15, 0.2) is 6.10 Å². The molecule has 180 valence electrons. The van der Waals surface area contributed by atoms with Gasteiger partial charge >= 0.3 is 0 Å². The van der Waals surface area contributed by atoms with Crippen LogP contribution in [-0.2, 0) is 23.8 Å². The van der Waals surface area contributed by atoms with E-state index in [1.54, 1.807) is 46.0 Å². The van der Waals surface area contributed by atoms with Gasteiger partial charge in [-0.25, -0.2) is 4.98 Å². The number of benzene rings is 2. The smallest absolute Gasteiger partial charge is 0.256 e. The fourth-order valence-corrected chi connectivity index (χ4v) is 4.03. The fourth-order valence-electron chi connectivity index (χ4n) is 4.03. The van der Waals surface area contributed by atoms with Gasteiger partial charge in [0.05, 0.1) is 24.3 Å². The highest BCUT2D eigenvalue weighted by molar-refractivity contribution is 5.80. The first kappa shape index (κ1) is 23.9. The molecule has 1 aromatic heterocycles. The molecule has 2 aromatic carbocycles. The Kier molecular flexibility index (Phi) is 7.59. The number of rotatable bonds is 8. The Morgan fingerprint density at radius 3 is 2.26 bits per heavy atom. The lowest BCUT2D eigenvalue weighted by Gasteiger charge is -2.42. The number of phenols is 1. The molecule has 5 atom stereocenters. The van der Waals surface area contributed by atoms with Crippen molar-refractivity contribution in [2.45, 2.75) is 37.6 Å². The van der Waals surface area contributed by atoms with Gasteiger partial charge in [0, 0.05) is 38.8 Å². The van der Waals surface area contributed by atoms with E-state index in [2.05, 4.69) is 10.1 Å². The van der Waals surface area contributed by atoms with Crippen molar-refractivity contribution in [1.82, 2.24) is 9.55 Å². The molecule has 0 unspecified atom stereocenters. The molecular formula is C25H29N3O6. The molecule has 0 aliphatic carbocycles. The highest BCUT2D eigenvalue weighted by Crippen LogP contribution is 2.27. The lowest BCUT2D eigenvalue weighted by Crippen LogP contribution is -2.59. The van der Waals surface area contributed by atoms with Crippen LogP contribution >= 0.6 is 0 Å². The first-order valence-corrected chi connectivity index (χ1v) is 10.9. The third kappa shape index (κ3) is 5.13. The van der Waals surface area contributed by atoms with Crippen LogP contribution < -0.4 is 0 Å². The van der Waals surface area contributed by atoms with Gasteiger partial charge in [0.2, 0.25) is 0 Å². The summed E-state index contributed by atoms with van der Waals surface area (Å²) < 4.78 is 24.4. The minimum atomic E-state index is -0.726. The van der Waals surface area contributed by atoms with E-state index in [4.69, 9.17) is 23.8 Å². The summed E-state index contributed by atoms with van der Waals surface area (Å²) in [6.07, 6.45) is 3.20. The van der Waals surface area contributed by atoms with Gasteiger partial charge in [-0.2, -0.15) is 0 Å². The van der Waals surface area contributed by atoms with E-state index in [-0.39, 0.29) is 24.1 Å². The molecule has 2 heterocycles. The van der Waals surface area contributed by atoms with Gasteiger partial charge in [-0.15, -0.1) is 0 Å². The molecule has 1 aliphatic heterocycles. The standard InChI is InChI=1S/C25H29N3O6/c1-16-22(30-2)23(31-3)24(32-4)25(33-16)34-27-13-17-5-7-18(8-6-17)21-14-28(15-26-21)19-9-11-20(29)12-10-19/h5-16,22-25,29H,1-4H3/b27-13+/t16-,22-,23+,24+,25-/m0/s1. The number of aromatic hydroxyl groups is 1. The number of hydrogen-bond acceptors (Lipinski definition) is 8. The monoisotopic (exact) mass is 467 g/mol. The first-order valence-electron chi connectivity index (χ1n) is 10.9. The van der Waals surface area contributed by atoms with Crippen LogP contribution in [0.2, 0.25) is 0 Å². The molecule has 4 rings (SSSR count). The van der Waals surface area contributed by atoms with E-state index in [0.29, 0.717) is 0 Å². The van der Waals surface area contributed by atoms with Crippen molar-refractivity contribution in [3.05, 3.63) is 66.6 Å². The number of phenolic OH excluding ortho intramolecular Hbond substituents is 1. The maximum Gasteiger partial charge on any atom is 0.256 e. The molecule has 1 saturated heterocycles. The maximum atomic E-state index is 9.46. The van der Waals surface area contributed by atoms with Gasteiger partial charge in [0.25, 0.3) is 6.29 Å². The van der Waals surface area contributed by atoms with Crippen molar-refractivity contribution in [3.63, 3.8) is 0 Å². The Balaban J connectivity index is 1.40. The quantitative estimate of drug-likeness (QED) is 0.401. The third-order valence-corrected chi connectivity index (χ3v) is 5.85. The lowest BCUT2D eigenvalue weighted by molar-refractivity contribution is -0.305. The molecular weight excluding hydrogens is 438 g/mol. The normalized spacial score (nSPS) is 25.0. The van der Waals surface area contributed by atoms with Gasteiger partial charge in [-0.05, 0) is 36.8 Å². The Labute approximate surface area is 198 Å². The highest BCUT2D eigenvalue weighted by atomic mass is 16.8. The Morgan fingerprint density at radius 1 is 0.941 bits per heavy atom. The average Bonchev–Trinajstić information content (AvgIpc) is 3.35. The Morgan fingerprint density at radius 2 is 1.62 bits per heavy atom. The third-order valence-electron chi connectivity index (χ3n) is 5.85. The zero-order valence-electron chi connectivity index (χ0n) is 19.6. The number of imidazole rings is 1. The predicted molar refractivity (Wildman–Crippen MR) is 126 cm³/mol. The summed E-state index contributed by atoms with van der Waals surface area (Å²) in [4.78, 5) is 10.1. The molecule has 9 nitrogen and oxygen atoms in total. The van der Waals surface area contributed by atoms with Crippen LogP contribution in [0, 0.1) is 0 Å². The molecule has 0 spiro atoms. The van der Waals surface area contributed by atoms with E-state index < -0.39 is 12.4 Å². The summed E-state index contributed by atoms with van der Waals surface area (Å²) in [6.45, 7) is 1.90. The highest BCUT2D eigenvalue weighted by Gasteiger charge is 2.46. The maximum absolute atomic E-state index is 9.46. The molecule has 1 fully saturated rings. The Bertz CT molecular complexity index is 1080. The van der Waals surface area contributed by atoms with Crippen molar-refractivity contribution in [1.29, 1.82) is 0 Å². The van der Waals surface area contributed by atoms with E-state index in [0.717, 1.165) is 22.5 Å². The number of nitrogens with zero attached hydrogens (tertiary/aromatic N) is 3. The number of oxime groups is 1. The molecule has 1 aliphatic rings. The second-order valence-electron chi connectivity index (χ2n) is 7.96. The second-order valence-corrected chi connectivity index (χ2v) is 7.96. The van der Waals surface area contributed by atoms with E-state index in [9.17, 15) is 5.11 Å². The summed E-state index contributed by atoms with van der Waals surface area (Å²) in [5.74, 6) is 0.227. The van der Waals surface area contributed by atoms with Crippen LogP contribution in [0.25, 0.3) is 16.9 Å². The number of methoxy groups -OCH3 is 3. The van der Waals surface area contributed by atoms with Crippen LogP contribution in [-0.4, -0.2) is 72.9 Å². The van der Waals surface area contributed by atoms with Crippen molar-refractivity contribution in [2.24, 2.45) is 5.16 Å². The van der Waals surface area contributed by atoms with Crippen LogP contribution in [0.3, 0.4) is 0 Å². The van der Waals surface area contributed by atoms with Crippen LogP contribution in [0.5, 0.6) is 5.75 Å². The minimum absolute atomic E-state index is 0.227. The minimum Gasteiger partial charge on any atom is -0.508 e. The predicted octanol–water partition coefficient (Wildman–Crippen LogP) is 3.39. The molecule has 0 amide bonds. The average molecular weight is 468 g/mol. The van der Waals surface area contributed by atoms with Gasteiger partial charge < -0.3 is 33.5 Å². The molecule has 0 bridgehead atoms. The second kappa shape index (κ2) is 10.8. The summed E-state index contributed by atoms with van der Waals surface area (Å²) >= 11 is 0. The molecule has 0 saturated carbocycles. The number of hydrogen-bond donors (Lipinski definition) is 1. The van der Waals surface area contributed by atoms with Crippen LogP contribution in [0.15, 0.2) is 66.2 Å². The molecule has 3 aromatic rings. The summed E-state index contributed by atoms with van der Waals surface area (Å²) in [6, 6.07) is 14.7. The van der Waals surface area contributed by atoms with Gasteiger partial charge in [-0.1, -0.05) is 29.4 Å². The van der Waals surface area contributed by atoms with Crippen molar-refractivity contribution in [2.75, 3.05) is 21.3 Å². The Hall–Kier alpha value is -3.24. The zero-order chi connectivity index (χ0) is 24.1. The van der Waals surface area contributed by atoms with E-state index in [1.165, 1.54) is 0 Å². The van der Waals surface area contributed by atoms with Gasteiger partial charge in [0.1, 0.15) is 18.0 Å². The SMILES string of the molecule is CO[C@@H]1[C@@H](OC)[C@H](C)O[C@@H](O/N=C/c2ccc(-c3cn(-c4ccc(O)cc4)cn3)cc2)[C@@H]1OC. The van der Waals surface area contributed by atoms with Gasteiger partial charge in [-0.3, -0.25) is 0 Å². The fraction of sp³-hybridized carbons (Fsp3) is 0.360. The molecule has 0 radical (unpaired) electrons. The molecule has 1 N–H and O–H groups in total.